The number of carbonyl (C=O) groups excluding carboxylic acids is 4. The Morgan fingerprint density at radius 3 is 2.64 bits per heavy atom. The van der Waals surface area contributed by atoms with Gasteiger partial charge < -0.3 is 19.5 Å². The Hall–Kier alpha value is -4.01. The number of nitrogens with zero attached hydrogens (tertiary/aromatic N) is 2. The van der Waals surface area contributed by atoms with Gasteiger partial charge in [0.05, 0.1) is 28.7 Å². The standard InChI is InChI=1S/C27H26ClN3O7S/c1-3-5-11-38-26(34)19-15-18(7-8-20(19)28)30-24(32)16-31-25(33)23(39-27(31)35)14-17-6-9-21(37-12-10-29)22(13-17)36-4-2/h6-9,13-15H,3-5,11-12,16H2,1-2H3,(H,30,32)/b23-14-. The van der Waals surface area contributed by atoms with Crippen LogP contribution in [0.2, 0.25) is 5.02 Å². The van der Waals surface area contributed by atoms with Crippen molar-refractivity contribution in [3.63, 3.8) is 0 Å². The van der Waals surface area contributed by atoms with E-state index < -0.39 is 29.6 Å². The molecule has 3 amide bonds. The fraction of sp³-hybridized carbons (Fsp3) is 0.296. The molecule has 0 radical (unpaired) electrons. The van der Waals surface area contributed by atoms with E-state index in [9.17, 15) is 19.2 Å². The number of nitrogens with one attached hydrogen (secondary N) is 1. The van der Waals surface area contributed by atoms with E-state index in [-0.39, 0.29) is 34.4 Å². The van der Waals surface area contributed by atoms with E-state index in [1.807, 2.05) is 13.0 Å². The van der Waals surface area contributed by atoms with Crippen molar-refractivity contribution >= 4 is 58.1 Å². The van der Waals surface area contributed by atoms with Crippen LogP contribution in [0.3, 0.4) is 0 Å². The molecule has 2 aromatic carbocycles. The molecule has 1 aliphatic heterocycles. The highest BCUT2D eigenvalue weighted by Gasteiger charge is 2.36. The lowest BCUT2D eigenvalue weighted by Gasteiger charge is -2.13. The summed E-state index contributed by atoms with van der Waals surface area (Å²) in [7, 11) is 0. The molecular formula is C27H26ClN3O7S. The van der Waals surface area contributed by atoms with Crippen LogP contribution in [0.15, 0.2) is 41.3 Å². The lowest BCUT2D eigenvalue weighted by atomic mass is 10.2. The molecule has 0 aromatic heterocycles. The summed E-state index contributed by atoms with van der Waals surface area (Å²) in [5, 5.41) is 10.9. The van der Waals surface area contributed by atoms with Crippen molar-refractivity contribution in [1.82, 2.24) is 4.90 Å². The number of hydrogen-bond acceptors (Lipinski definition) is 9. The third-order valence-corrected chi connectivity index (χ3v) is 6.47. The predicted octanol–water partition coefficient (Wildman–Crippen LogP) is 5.27. The number of rotatable bonds is 12. The van der Waals surface area contributed by atoms with Gasteiger partial charge in [-0.3, -0.25) is 19.3 Å². The monoisotopic (exact) mass is 571 g/mol. The maximum atomic E-state index is 12.9. The summed E-state index contributed by atoms with van der Waals surface area (Å²) >= 11 is 6.81. The fourth-order valence-electron chi connectivity index (χ4n) is 3.39. The first-order valence-electron chi connectivity index (χ1n) is 12.1. The number of carbonyl (C=O) groups is 4. The topological polar surface area (TPSA) is 135 Å². The van der Waals surface area contributed by atoms with E-state index in [1.54, 1.807) is 25.1 Å². The van der Waals surface area contributed by atoms with Crippen molar-refractivity contribution in [2.24, 2.45) is 0 Å². The summed E-state index contributed by atoms with van der Waals surface area (Å²) in [6, 6.07) is 11.1. The number of amides is 3. The lowest BCUT2D eigenvalue weighted by molar-refractivity contribution is -0.127. The highest BCUT2D eigenvalue weighted by atomic mass is 35.5. The van der Waals surface area contributed by atoms with E-state index in [1.165, 1.54) is 24.3 Å². The number of esters is 1. The van der Waals surface area contributed by atoms with Gasteiger partial charge in [0, 0.05) is 5.69 Å². The molecular weight excluding hydrogens is 546 g/mol. The molecule has 0 spiro atoms. The number of halogens is 1. The number of hydrogen-bond donors (Lipinski definition) is 1. The second-order valence-corrected chi connectivity index (χ2v) is 9.49. The second kappa shape index (κ2) is 14.2. The van der Waals surface area contributed by atoms with Crippen LogP contribution < -0.4 is 14.8 Å². The number of imide groups is 1. The zero-order valence-electron chi connectivity index (χ0n) is 21.3. The Balaban J connectivity index is 1.68. The van der Waals surface area contributed by atoms with Gasteiger partial charge in [0.2, 0.25) is 5.91 Å². The Kier molecular flexibility index (Phi) is 10.8. The molecule has 0 atom stereocenters. The predicted molar refractivity (Wildman–Crippen MR) is 147 cm³/mol. The van der Waals surface area contributed by atoms with Crippen LogP contribution in [0.4, 0.5) is 10.5 Å². The molecule has 39 heavy (non-hydrogen) atoms. The van der Waals surface area contributed by atoms with Crippen LogP contribution in [0.5, 0.6) is 11.5 Å². The highest BCUT2D eigenvalue weighted by Crippen LogP contribution is 2.34. The van der Waals surface area contributed by atoms with Crippen molar-refractivity contribution in [3.05, 3.63) is 57.5 Å². The summed E-state index contributed by atoms with van der Waals surface area (Å²) in [5.74, 6) is -1.11. The van der Waals surface area contributed by atoms with Crippen LogP contribution in [-0.2, 0) is 14.3 Å². The second-order valence-electron chi connectivity index (χ2n) is 8.09. The third-order valence-electron chi connectivity index (χ3n) is 5.23. The van der Waals surface area contributed by atoms with E-state index in [4.69, 9.17) is 31.1 Å². The van der Waals surface area contributed by atoms with Gasteiger partial charge in [0.25, 0.3) is 11.1 Å². The zero-order chi connectivity index (χ0) is 28.4. The molecule has 204 valence electrons. The largest absolute Gasteiger partial charge is 0.490 e. The maximum absolute atomic E-state index is 12.9. The normalized spacial score (nSPS) is 13.8. The summed E-state index contributed by atoms with van der Waals surface area (Å²) in [6.07, 6.45) is 3.08. The number of benzene rings is 2. The first-order valence-corrected chi connectivity index (χ1v) is 13.2. The molecule has 3 rings (SSSR count). The fourth-order valence-corrected chi connectivity index (χ4v) is 4.42. The SMILES string of the molecule is CCCCOC(=O)c1cc(NC(=O)CN2C(=O)S/C(=C\c3ccc(OCC#N)c(OCC)c3)C2=O)ccc1Cl. The van der Waals surface area contributed by atoms with Crippen molar-refractivity contribution < 1.29 is 33.4 Å². The summed E-state index contributed by atoms with van der Waals surface area (Å²) < 4.78 is 16.1. The van der Waals surface area contributed by atoms with Crippen LogP contribution in [0.25, 0.3) is 6.08 Å². The average Bonchev–Trinajstić information content (AvgIpc) is 3.16. The Labute approximate surface area is 234 Å². The minimum absolute atomic E-state index is 0.0927. The molecule has 1 fully saturated rings. The van der Waals surface area contributed by atoms with Gasteiger partial charge >= 0.3 is 5.97 Å². The molecule has 10 nitrogen and oxygen atoms in total. The van der Waals surface area contributed by atoms with Gasteiger partial charge in [-0.1, -0.05) is 31.0 Å². The smallest absolute Gasteiger partial charge is 0.339 e. The first-order chi connectivity index (χ1) is 18.8. The number of anilines is 1. The van der Waals surface area contributed by atoms with Gasteiger partial charge in [-0.25, -0.2) is 4.79 Å². The number of thioether (sulfide) groups is 1. The van der Waals surface area contributed by atoms with Crippen molar-refractivity contribution in [2.75, 3.05) is 31.7 Å². The van der Waals surface area contributed by atoms with Crippen molar-refractivity contribution in [1.29, 1.82) is 5.26 Å². The molecule has 1 saturated heterocycles. The first kappa shape index (κ1) is 29.5. The molecule has 1 heterocycles. The zero-order valence-corrected chi connectivity index (χ0v) is 22.9. The minimum atomic E-state index is -0.635. The van der Waals surface area contributed by atoms with Crippen LogP contribution in [0, 0.1) is 11.3 Å². The van der Waals surface area contributed by atoms with E-state index in [0.717, 1.165) is 11.3 Å². The number of nitriles is 1. The van der Waals surface area contributed by atoms with Gasteiger partial charge in [-0.05, 0) is 67.1 Å². The molecule has 0 saturated carbocycles. The third kappa shape index (κ3) is 7.99. The Morgan fingerprint density at radius 2 is 1.92 bits per heavy atom. The molecule has 0 unspecified atom stereocenters. The van der Waals surface area contributed by atoms with Gasteiger partial charge in [-0.15, -0.1) is 0 Å². The van der Waals surface area contributed by atoms with Crippen molar-refractivity contribution in [2.45, 2.75) is 26.7 Å². The molecule has 1 N–H and O–H groups in total. The van der Waals surface area contributed by atoms with Crippen LogP contribution >= 0.6 is 23.4 Å². The summed E-state index contributed by atoms with van der Waals surface area (Å²) in [6.45, 7) is 3.69. The quantitative estimate of drug-likeness (QED) is 0.205. The molecule has 0 bridgehead atoms. The highest BCUT2D eigenvalue weighted by molar-refractivity contribution is 8.18. The van der Waals surface area contributed by atoms with Gasteiger partial charge in [0.1, 0.15) is 12.6 Å². The van der Waals surface area contributed by atoms with Gasteiger partial charge in [-0.2, -0.15) is 5.26 Å². The Bertz CT molecular complexity index is 1340. The Morgan fingerprint density at radius 1 is 1.13 bits per heavy atom. The van der Waals surface area contributed by atoms with E-state index in [0.29, 0.717) is 41.9 Å². The van der Waals surface area contributed by atoms with Gasteiger partial charge in [0.15, 0.2) is 18.1 Å². The number of ether oxygens (including phenoxy) is 3. The molecule has 1 aliphatic rings. The summed E-state index contributed by atoms with van der Waals surface area (Å²) in [5.41, 5.74) is 0.920. The van der Waals surface area contributed by atoms with Crippen LogP contribution in [-0.4, -0.2) is 54.3 Å². The van der Waals surface area contributed by atoms with E-state index in [2.05, 4.69) is 5.32 Å². The van der Waals surface area contributed by atoms with Crippen LogP contribution in [0.1, 0.15) is 42.6 Å². The van der Waals surface area contributed by atoms with Crippen molar-refractivity contribution in [3.8, 4) is 17.6 Å². The number of unbranched alkanes of at least 4 members (excludes halogenated alkanes) is 1. The maximum Gasteiger partial charge on any atom is 0.339 e. The lowest BCUT2D eigenvalue weighted by Crippen LogP contribution is -2.36. The minimum Gasteiger partial charge on any atom is -0.490 e. The molecule has 2 aromatic rings. The average molecular weight is 572 g/mol. The molecule has 12 heteroatoms. The summed E-state index contributed by atoms with van der Waals surface area (Å²) in [4.78, 5) is 51.3. The molecule has 0 aliphatic carbocycles. The van der Waals surface area contributed by atoms with E-state index >= 15 is 0 Å².